The second kappa shape index (κ2) is 6.49. The molecule has 19 heavy (non-hydrogen) atoms. The SMILES string of the molecule is COC[C@@H](C)N(C)C(=O)c1ccc(Cl)cc1[N+](=O)[O-]. The lowest BCUT2D eigenvalue weighted by atomic mass is 10.1. The van der Waals surface area contributed by atoms with Crippen molar-refractivity contribution in [3.8, 4) is 0 Å². The lowest BCUT2D eigenvalue weighted by Gasteiger charge is -2.24. The van der Waals surface area contributed by atoms with Crippen molar-refractivity contribution in [3.63, 3.8) is 0 Å². The van der Waals surface area contributed by atoms with Crippen molar-refractivity contribution in [2.75, 3.05) is 20.8 Å². The quantitative estimate of drug-likeness (QED) is 0.615. The van der Waals surface area contributed by atoms with Gasteiger partial charge >= 0.3 is 0 Å². The molecule has 0 saturated heterocycles. The van der Waals surface area contributed by atoms with Crippen LogP contribution in [0.5, 0.6) is 0 Å². The van der Waals surface area contributed by atoms with Gasteiger partial charge in [-0.25, -0.2) is 0 Å². The first kappa shape index (κ1) is 15.4. The molecule has 0 aromatic heterocycles. The minimum Gasteiger partial charge on any atom is -0.383 e. The molecule has 104 valence electrons. The highest BCUT2D eigenvalue weighted by Crippen LogP contribution is 2.24. The minimum absolute atomic E-state index is 0.0138. The molecule has 1 aromatic rings. The van der Waals surface area contributed by atoms with Crippen LogP contribution in [-0.4, -0.2) is 42.5 Å². The zero-order chi connectivity index (χ0) is 14.6. The van der Waals surface area contributed by atoms with Crippen molar-refractivity contribution in [2.45, 2.75) is 13.0 Å². The van der Waals surface area contributed by atoms with Crippen LogP contribution < -0.4 is 0 Å². The Morgan fingerprint density at radius 3 is 2.74 bits per heavy atom. The first-order valence-corrected chi connectivity index (χ1v) is 5.96. The molecule has 0 fully saturated rings. The molecule has 1 atom stereocenters. The van der Waals surface area contributed by atoms with Gasteiger partial charge in [0.1, 0.15) is 5.56 Å². The van der Waals surface area contributed by atoms with Gasteiger partial charge in [-0.2, -0.15) is 0 Å². The van der Waals surface area contributed by atoms with Gasteiger partial charge in [-0.15, -0.1) is 0 Å². The number of hydrogen-bond donors (Lipinski definition) is 0. The van der Waals surface area contributed by atoms with Crippen LogP contribution in [0.1, 0.15) is 17.3 Å². The van der Waals surface area contributed by atoms with Gasteiger partial charge < -0.3 is 9.64 Å². The van der Waals surface area contributed by atoms with E-state index >= 15 is 0 Å². The smallest absolute Gasteiger partial charge is 0.283 e. The van der Waals surface area contributed by atoms with Crippen LogP contribution >= 0.6 is 11.6 Å². The van der Waals surface area contributed by atoms with E-state index in [9.17, 15) is 14.9 Å². The van der Waals surface area contributed by atoms with Crippen molar-refractivity contribution in [2.24, 2.45) is 0 Å². The summed E-state index contributed by atoms with van der Waals surface area (Å²) in [5.41, 5.74) is -0.284. The van der Waals surface area contributed by atoms with Gasteiger partial charge in [0.2, 0.25) is 0 Å². The number of nitro benzene ring substituents is 1. The first-order chi connectivity index (χ1) is 8.88. The molecule has 0 aliphatic rings. The zero-order valence-corrected chi connectivity index (χ0v) is 11.7. The number of ether oxygens (including phenoxy) is 1. The summed E-state index contributed by atoms with van der Waals surface area (Å²) in [7, 11) is 3.10. The maximum atomic E-state index is 12.2. The molecule has 1 rings (SSSR count). The van der Waals surface area contributed by atoms with Crippen LogP contribution in [0.15, 0.2) is 18.2 Å². The molecule has 0 unspecified atom stereocenters. The first-order valence-electron chi connectivity index (χ1n) is 5.58. The summed E-state index contributed by atoms with van der Waals surface area (Å²) in [5.74, 6) is -0.437. The summed E-state index contributed by atoms with van der Waals surface area (Å²) in [5, 5.41) is 11.2. The summed E-state index contributed by atoms with van der Waals surface area (Å²) >= 11 is 5.71. The molecule has 1 aromatic carbocycles. The summed E-state index contributed by atoms with van der Waals surface area (Å²) < 4.78 is 4.96. The number of carbonyl (C=O) groups is 1. The second-order valence-corrected chi connectivity index (χ2v) is 4.58. The molecular weight excluding hydrogens is 272 g/mol. The van der Waals surface area contributed by atoms with Crippen LogP contribution in [0.2, 0.25) is 5.02 Å². The third kappa shape index (κ3) is 3.65. The fourth-order valence-corrected chi connectivity index (χ4v) is 1.75. The number of nitro groups is 1. The average molecular weight is 287 g/mol. The number of methoxy groups -OCH3 is 1. The number of amides is 1. The fourth-order valence-electron chi connectivity index (χ4n) is 1.58. The molecule has 1 amide bonds. The number of benzene rings is 1. The normalized spacial score (nSPS) is 12.0. The summed E-state index contributed by atoms with van der Waals surface area (Å²) in [6, 6.07) is 3.80. The van der Waals surface area contributed by atoms with Crippen molar-refractivity contribution in [3.05, 3.63) is 38.9 Å². The Morgan fingerprint density at radius 2 is 2.21 bits per heavy atom. The number of halogens is 1. The third-order valence-corrected chi connectivity index (χ3v) is 3.01. The molecule has 0 N–H and O–H groups in total. The number of nitrogens with zero attached hydrogens (tertiary/aromatic N) is 2. The Labute approximate surface area is 116 Å². The van der Waals surface area contributed by atoms with Gasteiger partial charge in [-0.05, 0) is 19.1 Å². The molecule has 6 nitrogen and oxygen atoms in total. The van der Waals surface area contributed by atoms with E-state index in [1.807, 2.05) is 0 Å². The van der Waals surface area contributed by atoms with Crippen molar-refractivity contribution in [1.29, 1.82) is 0 Å². The number of rotatable bonds is 5. The van der Waals surface area contributed by atoms with Crippen molar-refractivity contribution in [1.82, 2.24) is 4.90 Å². The van der Waals surface area contributed by atoms with Crippen LogP contribution in [0.3, 0.4) is 0 Å². The maximum Gasteiger partial charge on any atom is 0.283 e. The highest BCUT2D eigenvalue weighted by atomic mass is 35.5. The maximum absolute atomic E-state index is 12.2. The summed E-state index contributed by atoms with van der Waals surface area (Å²) in [6.45, 7) is 2.15. The van der Waals surface area contributed by atoms with E-state index in [1.165, 1.54) is 30.2 Å². The number of carbonyl (C=O) groups excluding carboxylic acids is 1. The highest BCUT2D eigenvalue weighted by Gasteiger charge is 2.25. The summed E-state index contributed by atoms with van der Waals surface area (Å²) in [6.07, 6.45) is 0. The average Bonchev–Trinajstić information content (AvgIpc) is 2.37. The van der Waals surface area contributed by atoms with E-state index in [4.69, 9.17) is 16.3 Å². The van der Waals surface area contributed by atoms with Gasteiger partial charge in [0, 0.05) is 25.2 Å². The molecule has 0 radical (unpaired) electrons. The van der Waals surface area contributed by atoms with Crippen LogP contribution in [-0.2, 0) is 4.74 Å². The molecule has 0 aliphatic carbocycles. The van der Waals surface area contributed by atoms with Crippen LogP contribution in [0.25, 0.3) is 0 Å². The van der Waals surface area contributed by atoms with Gasteiger partial charge in [-0.3, -0.25) is 14.9 Å². The Hall–Kier alpha value is -1.66. The largest absolute Gasteiger partial charge is 0.383 e. The molecular formula is C12H15ClN2O4. The third-order valence-electron chi connectivity index (χ3n) is 2.78. The Bertz CT molecular complexity index is 493. The van der Waals surface area contributed by atoms with E-state index in [-0.39, 0.29) is 22.3 Å². The monoisotopic (exact) mass is 286 g/mol. The van der Waals surface area contributed by atoms with E-state index in [1.54, 1.807) is 14.0 Å². The predicted molar refractivity (Wildman–Crippen MR) is 71.5 cm³/mol. The molecule has 0 saturated carbocycles. The lowest BCUT2D eigenvalue weighted by molar-refractivity contribution is -0.385. The second-order valence-electron chi connectivity index (χ2n) is 4.14. The van der Waals surface area contributed by atoms with E-state index in [0.29, 0.717) is 6.61 Å². The topological polar surface area (TPSA) is 72.7 Å². The molecule has 0 bridgehead atoms. The summed E-state index contributed by atoms with van der Waals surface area (Å²) in [4.78, 5) is 24.0. The van der Waals surface area contributed by atoms with Gasteiger partial charge in [0.25, 0.3) is 11.6 Å². The predicted octanol–water partition coefficient (Wildman–Crippen LogP) is 2.36. The Kier molecular flexibility index (Phi) is 5.26. The molecule has 0 heterocycles. The van der Waals surface area contributed by atoms with Gasteiger partial charge in [0.05, 0.1) is 17.6 Å². The van der Waals surface area contributed by atoms with Gasteiger partial charge in [-0.1, -0.05) is 11.6 Å². The lowest BCUT2D eigenvalue weighted by Crippen LogP contribution is -2.38. The molecule has 0 spiro atoms. The fraction of sp³-hybridized carbons (Fsp3) is 0.417. The van der Waals surface area contributed by atoms with Crippen LogP contribution in [0.4, 0.5) is 5.69 Å². The van der Waals surface area contributed by atoms with Crippen molar-refractivity contribution >= 4 is 23.2 Å². The Morgan fingerprint density at radius 1 is 1.58 bits per heavy atom. The zero-order valence-electron chi connectivity index (χ0n) is 10.9. The molecule has 0 aliphatic heterocycles. The number of hydrogen-bond acceptors (Lipinski definition) is 4. The van der Waals surface area contributed by atoms with Crippen molar-refractivity contribution < 1.29 is 14.5 Å². The standard InChI is InChI=1S/C12H15ClN2O4/c1-8(7-19-3)14(2)12(16)10-5-4-9(13)6-11(10)15(17)18/h4-6,8H,7H2,1-3H3/t8-/m1/s1. The van der Waals surface area contributed by atoms with Gasteiger partial charge in [0.15, 0.2) is 0 Å². The Balaban J connectivity index is 3.09. The highest BCUT2D eigenvalue weighted by molar-refractivity contribution is 6.31. The number of likely N-dealkylation sites (N-methyl/N-ethyl adjacent to an activating group) is 1. The van der Waals surface area contributed by atoms with E-state index in [2.05, 4.69) is 0 Å². The van der Waals surface area contributed by atoms with Crippen LogP contribution in [0, 0.1) is 10.1 Å². The van der Waals surface area contributed by atoms with E-state index < -0.39 is 10.8 Å². The molecule has 7 heteroatoms. The van der Waals surface area contributed by atoms with E-state index in [0.717, 1.165) is 0 Å². The minimum atomic E-state index is -0.617.